The first-order valence-corrected chi connectivity index (χ1v) is 9.51. The van der Waals surface area contributed by atoms with Crippen molar-refractivity contribution < 1.29 is 13.9 Å². The maximum absolute atomic E-state index is 12.2. The minimum Gasteiger partial charge on any atom is -0.496 e. The zero-order valence-electron chi connectivity index (χ0n) is 15.0. The summed E-state index contributed by atoms with van der Waals surface area (Å²) in [6.45, 7) is 0.394. The predicted molar refractivity (Wildman–Crippen MR) is 104 cm³/mol. The second-order valence-corrected chi connectivity index (χ2v) is 6.77. The van der Waals surface area contributed by atoms with Gasteiger partial charge in [0.25, 0.3) is 0 Å². The molecule has 0 aliphatic heterocycles. The summed E-state index contributed by atoms with van der Waals surface area (Å²) in [4.78, 5) is 12.2. The second kappa shape index (κ2) is 8.13. The number of nitrogens with one attached hydrogen (secondary N) is 1. The SMILES string of the molecule is COc1ccccc1CNC(=O)CSc1nnc2ccc(-c3ccco3)nn12. The molecule has 0 aliphatic carbocycles. The molecular weight excluding hydrogens is 378 g/mol. The first kappa shape index (κ1) is 18.1. The number of benzene rings is 1. The van der Waals surface area contributed by atoms with Gasteiger partial charge in [0, 0.05) is 12.1 Å². The molecule has 0 fully saturated rings. The fourth-order valence-corrected chi connectivity index (χ4v) is 3.36. The molecule has 4 rings (SSSR count). The van der Waals surface area contributed by atoms with E-state index >= 15 is 0 Å². The fourth-order valence-electron chi connectivity index (χ4n) is 2.64. The largest absolute Gasteiger partial charge is 0.496 e. The quantitative estimate of drug-likeness (QED) is 0.481. The van der Waals surface area contributed by atoms with Crippen LogP contribution in [0.3, 0.4) is 0 Å². The monoisotopic (exact) mass is 395 g/mol. The number of furan rings is 1. The Morgan fingerprint density at radius 1 is 1.18 bits per heavy atom. The van der Waals surface area contributed by atoms with E-state index in [0.29, 0.717) is 28.8 Å². The van der Waals surface area contributed by atoms with E-state index in [1.807, 2.05) is 42.5 Å². The van der Waals surface area contributed by atoms with Gasteiger partial charge < -0.3 is 14.5 Å². The molecule has 3 aromatic heterocycles. The molecule has 3 heterocycles. The van der Waals surface area contributed by atoms with Crippen molar-refractivity contribution in [3.8, 4) is 17.2 Å². The second-order valence-electron chi connectivity index (χ2n) is 5.83. The van der Waals surface area contributed by atoms with Crippen molar-refractivity contribution in [3.63, 3.8) is 0 Å². The number of hydrogen-bond donors (Lipinski definition) is 1. The molecule has 0 spiro atoms. The van der Waals surface area contributed by atoms with Gasteiger partial charge in [-0.25, -0.2) is 0 Å². The van der Waals surface area contributed by atoms with Gasteiger partial charge in [-0.15, -0.1) is 10.2 Å². The molecule has 0 unspecified atom stereocenters. The van der Waals surface area contributed by atoms with Crippen molar-refractivity contribution in [2.75, 3.05) is 12.9 Å². The minimum atomic E-state index is -0.116. The van der Waals surface area contributed by atoms with Crippen molar-refractivity contribution in [2.24, 2.45) is 0 Å². The first-order chi connectivity index (χ1) is 13.7. The van der Waals surface area contributed by atoms with Gasteiger partial charge in [0.05, 0.1) is 19.1 Å². The Hall–Kier alpha value is -3.33. The molecule has 9 heteroatoms. The zero-order valence-corrected chi connectivity index (χ0v) is 15.8. The number of ether oxygens (including phenoxy) is 1. The molecule has 142 valence electrons. The Balaban J connectivity index is 1.41. The van der Waals surface area contributed by atoms with E-state index in [9.17, 15) is 4.79 Å². The molecule has 0 saturated carbocycles. The summed E-state index contributed by atoms with van der Waals surface area (Å²) in [5.74, 6) is 1.48. The Morgan fingerprint density at radius 3 is 2.89 bits per heavy atom. The molecule has 0 bridgehead atoms. The lowest BCUT2D eigenvalue weighted by Crippen LogP contribution is -2.24. The van der Waals surface area contributed by atoms with E-state index < -0.39 is 0 Å². The summed E-state index contributed by atoms with van der Waals surface area (Å²) in [5.41, 5.74) is 2.19. The fraction of sp³-hybridized carbons (Fsp3) is 0.158. The molecular formula is C19H17N5O3S. The van der Waals surface area contributed by atoms with Crippen LogP contribution in [0, 0.1) is 0 Å². The average molecular weight is 395 g/mol. The highest BCUT2D eigenvalue weighted by atomic mass is 32.2. The van der Waals surface area contributed by atoms with Crippen LogP contribution in [0.25, 0.3) is 17.1 Å². The zero-order chi connectivity index (χ0) is 19.3. The topological polar surface area (TPSA) is 94.5 Å². The third-order valence-electron chi connectivity index (χ3n) is 4.01. The number of carbonyl (C=O) groups is 1. The molecule has 8 nitrogen and oxygen atoms in total. The van der Waals surface area contributed by atoms with Crippen LogP contribution in [-0.2, 0) is 11.3 Å². The molecule has 1 amide bonds. The lowest BCUT2D eigenvalue weighted by molar-refractivity contribution is -0.118. The number of para-hydroxylation sites is 1. The Morgan fingerprint density at radius 2 is 2.07 bits per heavy atom. The van der Waals surface area contributed by atoms with Crippen molar-refractivity contribution in [2.45, 2.75) is 11.7 Å². The van der Waals surface area contributed by atoms with Crippen LogP contribution in [0.1, 0.15) is 5.56 Å². The molecule has 1 aromatic carbocycles. The van der Waals surface area contributed by atoms with Crippen LogP contribution in [0.5, 0.6) is 5.75 Å². The van der Waals surface area contributed by atoms with Gasteiger partial charge >= 0.3 is 0 Å². The van der Waals surface area contributed by atoms with E-state index in [1.54, 1.807) is 24.0 Å². The summed E-state index contributed by atoms with van der Waals surface area (Å²) in [6, 6.07) is 14.8. The minimum absolute atomic E-state index is 0.116. The number of aromatic nitrogens is 4. The normalized spacial score (nSPS) is 10.9. The van der Waals surface area contributed by atoms with E-state index in [2.05, 4.69) is 20.6 Å². The lowest BCUT2D eigenvalue weighted by Gasteiger charge is -2.09. The highest BCUT2D eigenvalue weighted by Crippen LogP contribution is 2.21. The van der Waals surface area contributed by atoms with Crippen LogP contribution in [-0.4, -0.2) is 38.6 Å². The van der Waals surface area contributed by atoms with Gasteiger partial charge in [0.15, 0.2) is 11.4 Å². The van der Waals surface area contributed by atoms with Crippen molar-refractivity contribution >= 4 is 23.3 Å². The van der Waals surface area contributed by atoms with Gasteiger partial charge in [-0.2, -0.15) is 9.61 Å². The molecule has 28 heavy (non-hydrogen) atoms. The molecule has 0 radical (unpaired) electrons. The summed E-state index contributed by atoms with van der Waals surface area (Å²) in [6.07, 6.45) is 1.59. The average Bonchev–Trinajstić information content (AvgIpc) is 3.40. The van der Waals surface area contributed by atoms with Gasteiger partial charge in [-0.1, -0.05) is 30.0 Å². The number of nitrogens with zero attached hydrogens (tertiary/aromatic N) is 4. The van der Waals surface area contributed by atoms with Crippen molar-refractivity contribution in [1.29, 1.82) is 0 Å². The Kier molecular flexibility index (Phi) is 5.24. The number of fused-ring (bicyclic) bond motifs is 1. The predicted octanol–water partition coefficient (Wildman–Crippen LogP) is 2.80. The maximum atomic E-state index is 12.2. The number of methoxy groups -OCH3 is 1. The van der Waals surface area contributed by atoms with Crippen molar-refractivity contribution in [3.05, 3.63) is 60.4 Å². The smallest absolute Gasteiger partial charge is 0.230 e. The number of hydrogen-bond acceptors (Lipinski definition) is 7. The molecule has 0 aliphatic rings. The van der Waals surface area contributed by atoms with Crippen molar-refractivity contribution in [1.82, 2.24) is 25.1 Å². The van der Waals surface area contributed by atoms with Crippen LogP contribution in [0.15, 0.2) is 64.4 Å². The first-order valence-electron chi connectivity index (χ1n) is 8.52. The Bertz CT molecular complexity index is 1090. The van der Waals surface area contributed by atoms with E-state index in [1.165, 1.54) is 11.8 Å². The van der Waals surface area contributed by atoms with E-state index in [-0.39, 0.29) is 11.7 Å². The van der Waals surface area contributed by atoms with Gasteiger partial charge in [-0.05, 0) is 30.3 Å². The standard InChI is InChI=1S/C19H17N5O3S/c1-26-15-6-3-2-5-13(15)11-20-18(25)12-28-19-22-21-17-9-8-14(23-24(17)19)16-7-4-10-27-16/h2-10H,11-12H2,1H3,(H,20,25). The maximum Gasteiger partial charge on any atom is 0.230 e. The van der Waals surface area contributed by atoms with Crippen LogP contribution < -0.4 is 10.1 Å². The summed E-state index contributed by atoms with van der Waals surface area (Å²) in [7, 11) is 1.61. The summed E-state index contributed by atoms with van der Waals surface area (Å²) >= 11 is 1.27. The highest BCUT2D eigenvalue weighted by Gasteiger charge is 2.13. The molecule has 0 saturated heterocycles. The third kappa shape index (κ3) is 3.84. The third-order valence-corrected chi connectivity index (χ3v) is 4.93. The van der Waals surface area contributed by atoms with E-state index in [4.69, 9.17) is 9.15 Å². The molecule has 1 N–H and O–H groups in total. The summed E-state index contributed by atoms with van der Waals surface area (Å²) in [5, 5.41) is 16.1. The molecule has 0 atom stereocenters. The Labute approximate surface area is 164 Å². The highest BCUT2D eigenvalue weighted by molar-refractivity contribution is 7.99. The van der Waals surface area contributed by atoms with Gasteiger partial charge in [0.1, 0.15) is 11.4 Å². The van der Waals surface area contributed by atoms with Gasteiger partial charge in [-0.3, -0.25) is 4.79 Å². The molecule has 4 aromatic rings. The lowest BCUT2D eigenvalue weighted by atomic mass is 10.2. The number of rotatable bonds is 7. The van der Waals surface area contributed by atoms with Crippen LogP contribution >= 0.6 is 11.8 Å². The summed E-state index contributed by atoms with van der Waals surface area (Å²) < 4.78 is 12.3. The van der Waals surface area contributed by atoms with E-state index in [0.717, 1.165) is 11.3 Å². The number of thioether (sulfide) groups is 1. The number of amides is 1. The van der Waals surface area contributed by atoms with Gasteiger partial charge in [0.2, 0.25) is 11.1 Å². The number of carbonyl (C=O) groups excluding carboxylic acids is 1. The van der Waals surface area contributed by atoms with Crippen LogP contribution in [0.4, 0.5) is 0 Å². The van der Waals surface area contributed by atoms with Crippen LogP contribution in [0.2, 0.25) is 0 Å².